The van der Waals surface area contributed by atoms with E-state index < -0.39 is 44.2 Å². The lowest BCUT2D eigenvalue weighted by molar-refractivity contribution is -0.154. The van der Waals surface area contributed by atoms with Gasteiger partial charge in [0.2, 0.25) is 14.8 Å². The summed E-state index contributed by atoms with van der Waals surface area (Å²) in [5, 5.41) is 1.27. The topological polar surface area (TPSA) is 128 Å². The Hall–Kier alpha value is -4.29. The van der Waals surface area contributed by atoms with Gasteiger partial charge in [-0.05, 0) is 30.2 Å². The lowest BCUT2D eigenvalue weighted by Crippen LogP contribution is -2.69. The maximum absolute atomic E-state index is 13.9. The number of nitrogens with one attached hydrogen (secondary N) is 1. The maximum atomic E-state index is 13.9. The molecule has 12 heteroatoms. The summed E-state index contributed by atoms with van der Waals surface area (Å²) in [5.41, 5.74) is 1.08. The number of hydrogen-bond acceptors (Lipinski definition) is 9. The van der Waals surface area contributed by atoms with Gasteiger partial charge in [-0.25, -0.2) is 13.2 Å². The summed E-state index contributed by atoms with van der Waals surface area (Å²) in [6.45, 7) is 2.67. The van der Waals surface area contributed by atoms with E-state index >= 15 is 0 Å². The first-order valence-electron chi connectivity index (χ1n) is 12.8. The summed E-state index contributed by atoms with van der Waals surface area (Å²) in [5.74, 6) is -2.03. The fourth-order valence-corrected chi connectivity index (χ4v) is 8.11. The summed E-state index contributed by atoms with van der Waals surface area (Å²) >= 11 is 0. The van der Waals surface area contributed by atoms with Crippen molar-refractivity contribution < 1.29 is 37.0 Å². The van der Waals surface area contributed by atoms with Gasteiger partial charge in [0.1, 0.15) is 27.8 Å². The number of carbonyl (C=O) groups excluding carboxylic acids is 3. The van der Waals surface area contributed by atoms with Crippen LogP contribution in [0.2, 0.25) is 0 Å². The number of ether oxygens (including phenoxy) is 3. The molecule has 1 aliphatic rings. The molecule has 1 aliphatic heterocycles. The monoisotopic (exact) mass is 610 g/mol. The van der Waals surface area contributed by atoms with Crippen molar-refractivity contribution in [1.82, 2.24) is 10.2 Å². The SMILES string of the molecule is COC(C)=C(C(=O)OC(c1ccccc1)c1ccccc1)N1C(=O)C(NC(C)=O)C1SS(=O)(=O)c1ccccc1OC. The average molecular weight is 611 g/mol. The third-order valence-electron chi connectivity index (χ3n) is 6.47. The summed E-state index contributed by atoms with van der Waals surface area (Å²) in [6.07, 6.45) is -0.842. The van der Waals surface area contributed by atoms with E-state index in [9.17, 15) is 22.8 Å². The van der Waals surface area contributed by atoms with Gasteiger partial charge in [0.25, 0.3) is 5.91 Å². The van der Waals surface area contributed by atoms with Crippen LogP contribution < -0.4 is 10.1 Å². The van der Waals surface area contributed by atoms with Crippen LogP contribution in [0.1, 0.15) is 31.1 Å². The number of β-lactam (4-membered cyclic amide) rings is 1. The van der Waals surface area contributed by atoms with E-state index in [4.69, 9.17) is 14.2 Å². The number of amides is 2. The van der Waals surface area contributed by atoms with Crippen molar-refractivity contribution in [3.63, 3.8) is 0 Å². The Labute approximate surface area is 248 Å². The van der Waals surface area contributed by atoms with Gasteiger partial charge in [0, 0.05) is 17.7 Å². The van der Waals surface area contributed by atoms with Crippen LogP contribution in [-0.2, 0) is 32.7 Å². The first-order chi connectivity index (χ1) is 20.1. The second kappa shape index (κ2) is 13.1. The minimum absolute atomic E-state index is 0.0230. The van der Waals surface area contributed by atoms with Crippen LogP contribution in [-0.4, -0.2) is 56.7 Å². The van der Waals surface area contributed by atoms with E-state index in [1.165, 1.54) is 46.3 Å². The zero-order valence-corrected chi connectivity index (χ0v) is 25.0. The molecule has 0 aliphatic carbocycles. The van der Waals surface area contributed by atoms with Gasteiger partial charge in [-0.2, -0.15) is 0 Å². The van der Waals surface area contributed by atoms with Crippen LogP contribution in [0.4, 0.5) is 0 Å². The second-order valence-corrected chi connectivity index (χ2v) is 13.1. The fraction of sp³-hybridized carbons (Fsp3) is 0.233. The number of likely N-dealkylation sites (tertiary alicyclic amines) is 1. The summed E-state index contributed by atoms with van der Waals surface area (Å²) in [6, 6.07) is 22.9. The molecule has 2 atom stereocenters. The largest absolute Gasteiger partial charge is 0.499 e. The van der Waals surface area contributed by atoms with Crippen molar-refractivity contribution in [1.29, 1.82) is 0 Å². The molecule has 0 spiro atoms. The molecule has 4 rings (SSSR count). The zero-order valence-electron chi connectivity index (χ0n) is 23.3. The Bertz CT molecular complexity index is 1550. The van der Waals surface area contributed by atoms with E-state index in [1.807, 2.05) is 36.4 Å². The summed E-state index contributed by atoms with van der Waals surface area (Å²) in [4.78, 5) is 40.1. The Morgan fingerprint density at radius 3 is 1.95 bits per heavy atom. The summed E-state index contributed by atoms with van der Waals surface area (Å²) < 4.78 is 43.7. The molecule has 10 nitrogen and oxygen atoms in total. The highest BCUT2D eigenvalue weighted by Crippen LogP contribution is 2.42. The molecule has 42 heavy (non-hydrogen) atoms. The molecule has 0 saturated carbocycles. The molecule has 3 aromatic rings. The van der Waals surface area contributed by atoms with Gasteiger partial charge in [0.05, 0.1) is 14.2 Å². The Morgan fingerprint density at radius 1 is 0.881 bits per heavy atom. The quantitative estimate of drug-likeness (QED) is 0.113. The molecule has 0 bridgehead atoms. The molecule has 2 amide bonds. The number of para-hydroxylation sites is 1. The summed E-state index contributed by atoms with van der Waals surface area (Å²) in [7, 11) is -1.10. The number of benzene rings is 3. The molecular weight excluding hydrogens is 580 g/mol. The lowest BCUT2D eigenvalue weighted by Gasteiger charge is -2.46. The highest BCUT2D eigenvalue weighted by Gasteiger charge is 2.55. The van der Waals surface area contributed by atoms with Gasteiger partial charge in [-0.3, -0.25) is 14.5 Å². The van der Waals surface area contributed by atoms with Crippen molar-refractivity contribution >= 4 is 37.4 Å². The number of esters is 1. The van der Waals surface area contributed by atoms with E-state index in [0.29, 0.717) is 21.9 Å². The smallest absolute Gasteiger partial charge is 0.359 e. The minimum Gasteiger partial charge on any atom is -0.499 e. The van der Waals surface area contributed by atoms with Gasteiger partial charge in [0.15, 0.2) is 11.8 Å². The minimum atomic E-state index is -4.16. The van der Waals surface area contributed by atoms with Crippen LogP contribution in [0.3, 0.4) is 0 Å². The number of rotatable bonds is 11. The van der Waals surface area contributed by atoms with E-state index in [-0.39, 0.29) is 22.1 Å². The van der Waals surface area contributed by atoms with Crippen molar-refractivity contribution in [2.24, 2.45) is 0 Å². The van der Waals surface area contributed by atoms with Crippen LogP contribution in [0.25, 0.3) is 0 Å². The normalized spacial score (nSPS) is 17.2. The first kappa shape index (κ1) is 30.7. The maximum Gasteiger partial charge on any atom is 0.359 e. The van der Waals surface area contributed by atoms with E-state index in [0.717, 1.165) is 4.90 Å². The Morgan fingerprint density at radius 2 is 1.43 bits per heavy atom. The van der Waals surface area contributed by atoms with Gasteiger partial charge in [-0.1, -0.05) is 72.8 Å². The van der Waals surface area contributed by atoms with Crippen molar-refractivity contribution in [3.05, 3.63) is 108 Å². The Kier molecular flexibility index (Phi) is 9.59. The standard InChI is InChI=1S/C30H30N2O8S2/c1-19(38-3)26(30(35)40-27(21-13-7-5-8-14-21)22-15-9-6-10-16-22)32-28(34)25(31-20(2)33)29(32)41-42(36,37)24-18-12-11-17-23(24)39-4/h5-18,25,27,29H,1-4H3,(H,31,33). The molecule has 1 fully saturated rings. The molecule has 0 aromatic heterocycles. The van der Waals surface area contributed by atoms with Crippen molar-refractivity contribution in [2.45, 2.75) is 36.3 Å². The molecule has 1 N–H and O–H groups in total. The van der Waals surface area contributed by atoms with Crippen LogP contribution in [0.5, 0.6) is 5.75 Å². The average Bonchev–Trinajstić information content (AvgIpc) is 3.00. The number of carbonyl (C=O) groups is 3. The Balaban J connectivity index is 1.73. The van der Waals surface area contributed by atoms with Gasteiger partial charge in [-0.15, -0.1) is 0 Å². The molecule has 3 aromatic carbocycles. The second-order valence-electron chi connectivity index (χ2n) is 9.19. The first-order valence-corrected chi connectivity index (χ1v) is 15.7. The zero-order chi connectivity index (χ0) is 30.4. The van der Waals surface area contributed by atoms with Crippen LogP contribution >= 0.6 is 10.8 Å². The van der Waals surface area contributed by atoms with Crippen LogP contribution in [0, 0.1) is 0 Å². The predicted molar refractivity (Wildman–Crippen MR) is 157 cm³/mol. The molecule has 220 valence electrons. The van der Waals surface area contributed by atoms with Crippen LogP contribution in [0.15, 0.2) is 101 Å². The number of methoxy groups -OCH3 is 2. The molecular formula is C30H30N2O8S2. The van der Waals surface area contributed by atoms with Gasteiger partial charge < -0.3 is 19.5 Å². The predicted octanol–water partition coefficient (Wildman–Crippen LogP) is 4.00. The number of allylic oxidation sites excluding steroid dienone is 1. The highest BCUT2D eigenvalue weighted by atomic mass is 33.1. The molecule has 2 unspecified atom stereocenters. The van der Waals surface area contributed by atoms with E-state index in [1.54, 1.807) is 30.3 Å². The number of hydrogen-bond donors (Lipinski definition) is 1. The third kappa shape index (κ3) is 6.44. The molecule has 1 saturated heterocycles. The fourth-order valence-electron chi connectivity index (χ4n) is 4.41. The number of nitrogens with zero attached hydrogens (tertiary/aromatic N) is 1. The third-order valence-corrected chi connectivity index (χ3v) is 10.2. The van der Waals surface area contributed by atoms with Crippen molar-refractivity contribution in [3.8, 4) is 5.75 Å². The molecule has 1 heterocycles. The molecule has 0 radical (unpaired) electrons. The lowest BCUT2D eigenvalue weighted by atomic mass is 10.0. The van der Waals surface area contributed by atoms with Gasteiger partial charge >= 0.3 is 5.97 Å². The van der Waals surface area contributed by atoms with Crippen molar-refractivity contribution in [2.75, 3.05) is 14.2 Å². The highest BCUT2D eigenvalue weighted by molar-refractivity contribution is 8.72. The van der Waals surface area contributed by atoms with E-state index in [2.05, 4.69) is 5.32 Å².